The van der Waals surface area contributed by atoms with Crippen molar-refractivity contribution in [3.8, 4) is 5.75 Å². The lowest BCUT2D eigenvalue weighted by Gasteiger charge is -2.28. The van der Waals surface area contributed by atoms with Gasteiger partial charge in [-0.2, -0.15) is 0 Å². The van der Waals surface area contributed by atoms with E-state index in [4.69, 9.17) is 32.1 Å². The van der Waals surface area contributed by atoms with Crippen LogP contribution in [0.1, 0.15) is 59.4 Å². The molecule has 19 heteroatoms. The van der Waals surface area contributed by atoms with Crippen molar-refractivity contribution >= 4 is 43.4 Å². The number of phosphoric acid groups is 1. The normalized spacial score (nSPS) is 14.5. The first-order valence-electron chi connectivity index (χ1n) is 15.3. The number of aliphatic carboxylic acids is 1. The molecule has 1 aromatic rings. The minimum absolute atomic E-state index is 0.0208. The van der Waals surface area contributed by atoms with E-state index in [-0.39, 0.29) is 49.9 Å². The van der Waals surface area contributed by atoms with Crippen LogP contribution >= 0.6 is 7.82 Å². The van der Waals surface area contributed by atoms with Crippen molar-refractivity contribution in [2.45, 2.75) is 90.5 Å². The maximum Gasteiger partial charge on any atom is 0.524 e. The molecule has 0 aliphatic heterocycles. The summed E-state index contributed by atoms with van der Waals surface area (Å²) in [7, 11) is -4.74. The van der Waals surface area contributed by atoms with Crippen molar-refractivity contribution in [1.82, 2.24) is 21.3 Å². The minimum atomic E-state index is -4.74. The van der Waals surface area contributed by atoms with E-state index in [1.165, 1.54) is 31.2 Å². The molecular formula is C29H49N8O10P. The van der Waals surface area contributed by atoms with Gasteiger partial charge in [0.15, 0.2) is 5.96 Å². The number of benzene rings is 1. The lowest BCUT2D eigenvalue weighted by Crippen LogP contribution is -2.59. The topological polar surface area (TPSA) is 311 Å². The molecule has 13 N–H and O–H groups in total. The highest BCUT2D eigenvalue weighted by molar-refractivity contribution is 7.46. The van der Waals surface area contributed by atoms with Gasteiger partial charge in [0.25, 0.3) is 0 Å². The van der Waals surface area contributed by atoms with E-state index in [9.17, 15) is 28.5 Å². The van der Waals surface area contributed by atoms with E-state index in [0.29, 0.717) is 5.56 Å². The monoisotopic (exact) mass is 700 g/mol. The second-order valence-corrected chi connectivity index (χ2v) is 13.2. The van der Waals surface area contributed by atoms with Crippen molar-refractivity contribution in [3.63, 3.8) is 0 Å². The van der Waals surface area contributed by atoms with E-state index in [1.54, 1.807) is 13.8 Å². The predicted molar refractivity (Wildman–Crippen MR) is 176 cm³/mol. The molecule has 18 nitrogen and oxygen atoms in total. The number of amides is 4. The second kappa shape index (κ2) is 19.5. The van der Waals surface area contributed by atoms with Crippen molar-refractivity contribution < 1.29 is 48.0 Å². The number of nitrogens with two attached hydrogens (primary N) is 3. The van der Waals surface area contributed by atoms with Crippen LogP contribution in [0.15, 0.2) is 29.3 Å². The van der Waals surface area contributed by atoms with Gasteiger partial charge >= 0.3 is 13.8 Å². The number of hydrogen-bond donors (Lipinski definition) is 10. The number of phosphoric ester groups is 1. The van der Waals surface area contributed by atoms with Gasteiger partial charge in [-0.15, -0.1) is 0 Å². The van der Waals surface area contributed by atoms with Crippen LogP contribution < -0.4 is 43.0 Å². The van der Waals surface area contributed by atoms with Crippen LogP contribution in [0.25, 0.3) is 0 Å². The molecule has 0 spiro atoms. The van der Waals surface area contributed by atoms with Gasteiger partial charge in [0.2, 0.25) is 23.6 Å². The van der Waals surface area contributed by atoms with Gasteiger partial charge in [-0.1, -0.05) is 39.8 Å². The van der Waals surface area contributed by atoms with E-state index in [2.05, 4.69) is 30.8 Å². The maximum absolute atomic E-state index is 13.5. The molecule has 0 unspecified atom stereocenters. The third kappa shape index (κ3) is 16.0. The number of nitrogens with zero attached hydrogens (tertiary/aromatic N) is 1. The Bertz CT molecular complexity index is 1330. The van der Waals surface area contributed by atoms with Crippen LogP contribution in [0.2, 0.25) is 0 Å². The molecule has 0 radical (unpaired) electrons. The quantitative estimate of drug-likeness (QED) is 0.0332. The molecule has 270 valence electrons. The Morgan fingerprint density at radius 3 is 1.92 bits per heavy atom. The molecule has 1 rings (SSSR count). The van der Waals surface area contributed by atoms with Gasteiger partial charge in [-0.05, 0) is 62.1 Å². The first-order chi connectivity index (χ1) is 22.2. The number of carboxylic acids is 1. The molecule has 0 fully saturated rings. The number of carbonyl (C=O) groups excluding carboxylic acids is 4. The first-order valence-corrected chi connectivity index (χ1v) is 16.8. The molecule has 0 bridgehead atoms. The van der Waals surface area contributed by atoms with E-state index in [1.807, 2.05) is 13.8 Å². The van der Waals surface area contributed by atoms with Crippen molar-refractivity contribution in [2.75, 3.05) is 6.54 Å². The summed E-state index contributed by atoms with van der Waals surface area (Å²) >= 11 is 0. The van der Waals surface area contributed by atoms with E-state index >= 15 is 0 Å². The maximum atomic E-state index is 13.5. The van der Waals surface area contributed by atoms with Crippen LogP contribution in [0.5, 0.6) is 5.75 Å². The molecule has 0 saturated heterocycles. The average molecular weight is 701 g/mol. The molecule has 0 aromatic heterocycles. The minimum Gasteiger partial charge on any atom is -0.480 e. The van der Waals surface area contributed by atoms with E-state index in [0.717, 1.165) is 0 Å². The average Bonchev–Trinajstić information content (AvgIpc) is 2.96. The van der Waals surface area contributed by atoms with Crippen molar-refractivity contribution in [2.24, 2.45) is 34.0 Å². The molecule has 48 heavy (non-hydrogen) atoms. The Hall–Kier alpha value is -4.25. The van der Waals surface area contributed by atoms with Crippen molar-refractivity contribution in [3.05, 3.63) is 29.8 Å². The molecule has 0 aliphatic carbocycles. The second-order valence-electron chi connectivity index (χ2n) is 12.0. The lowest BCUT2D eigenvalue weighted by molar-refractivity contribution is -0.142. The standard InChI is InChI=1S/C29H49N8O10P/c1-15(2)13-22(36-24(38)20(30)14-18-8-10-19(11-9-18)47-48(44,45)46)26(40)35-21(7-6-12-33-29(31)32)25(39)37-23(16(3)4)27(41)34-17(5)28(42)43/h8-11,15-17,20-23H,6-7,12-14,30H2,1-5H3,(H,34,41)(H,35,40)(H,36,38)(H,37,39)(H,42,43)(H4,31,32,33)(H2,44,45,46)/t17-,20-,21-,22-,23-/m0/s1. The van der Waals surface area contributed by atoms with Gasteiger partial charge in [-0.3, -0.25) is 38.8 Å². The third-order valence-electron chi connectivity index (χ3n) is 6.83. The van der Waals surface area contributed by atoms with Gasteiger partial charge in [0.1, 0.15) is 29.9 Å². The first kappa shape index (κ1) is 41.8. The zero-order valence-electron chi connectivity index (χ0n) is 27.7. The molecule has 0 saturated carbocycles. The summed E-state index contributed by atoms with van der Waals surface area (Å²) in [6, 6.07) is -0.151. The fourth-order valence-corrected chi connectivity index (χ4v) is 4.75. The largest absolute Gasteiger partial charge is 0.524 e. The SMILES string of the molecule is CC(C)C[C@H](NC(=O)[C@@H](N)Cc1ccc(OP(=O)(O)O)cc1)C(=O)N[C@@H](CCCN=C(N)N)C(=O)N[C@H](C(=O)N[C@@H](C)C(=O)O)C(C)C. The number of carbonyl (C=O) groups is 5. The molecule has 0 aliphatic rings. The van der Waals surface area contributed by atoms with Crippen LogP contribution in [0.4, 0.5) is 0 Å². The lowest BCUT2D eigenvalue weighted by atomic mass is 10.00. The highest BCUT2D eigenvalue weighted by Crippen LogP contribution is 2.37. The highest BCUT2D eigenvalue weighted by Gasteiger charge is 2.32. The predicted octanol–water partition coefficient (Wildman–Crippen LogP) is -1.17. The third-order valence-corrected chi connectivity index (χ3v) is 7.28. The van der Waals surface area contributed by atoms with Crippen LogP contribution in [0.3, 0.4) is 0 Å². The summed E-state index contributed by atoms with van der Waals surface area (Å²) < 4.78 is 15.5. The van der Waals surface area contributed by atoms with Gasteiger partial charge in [0.05, 0.1) is 6.04 Å². The summed E-state index contributed by atoms with van der Waals surface area (Å²) in [4.78, 5) is 85.9. The molecule has 5 atom stereocenters. The zero-order chi connectivity index (χ0) is 36.8. The van der Waals surface area contributed by atoms with Crippen LogP contribution in [0, 0.1) is 11.8 Å². The van der Waals surface area contributed by atoms with Gasteiger partial charge in [-0.25, -0.2) is 4.57 Å². The molecule has 1 aromatic carbocycles. The number of rotatable bonds is 20. The van der Waals surface area contributed by atoms with Crippen molar-refractivity contribution in [1.29, 1.82) is 0 Å². The summed E-state index contributed by atoms with van der Waals surface area (Å²) in [5, 5.41) is 19.4. The van der Waals surface area contributed by atoms with Gasteiger partial charge in [0, 0.05) is 6.54 Å². The van der Waals surface area contributed by atoms with Crippen LogP contribution in [-0.2, 0) is 35.0 Å². The van der Waals surface area contributed by atoms with Crippen LogP contribution in [-0.4, -0.2) is 87.2 Å². The molecule has 0 heterocycles. The number of carboxylic acid groups (broad SMARTS) is 1. The number of guanidine groups is 1. The summed E-state index contributed by atoms with van der Waals surface area (Å²) in [5.74, 6) is -4.80. The Labute approximate surface area is 279 Å². The fourth-order valence-electron chi connectivity index (χ4n) is 4.35. The Morgan fingerprint density at radius 1 is 0.854 bits per heavy atom. The summed E-state index contributed by atoms with van der Waals surface area (Å²) in [5.41, 5.74) is 17.4. The van der Waals surface area contributed by atoms with Gasteiger partial charge < -0.3 is 48.1 Å². The molecular weight excluding hydrogens is 651 g/mol. The Morgan fingerprint density at radius 2 is 1.42 bits per heavy atom. The summed E-state index contributed by atoms with van der Waals surface area (Å²) in [6.45, 7) is 8.39. The number of nitrogens with one attached hydrogen (secondary N) is 4. The number of hydrogen-bond acceptors (Lipinski definition) is 9. The molecule has 4 amide bonds. The zero-order valence-corrected chi connectivity index (χ0v) is 28.6. The smallest absolute Gasteiger partial charge is 0.480 e. The Kier molecular flexibility index (Phi) is 17.0. The fraction of sp³-hybridized carbons (Fsp3) is 0.586. The van der Waals surface area contributed by atoms with E-state index < -0.39 is 73.5 Å². The summed E-state index contributed by atoms with van der Waals surface area (Å²) in [6.07, 6.45) is 0.517. The highest BCUT2D eigenvalue weighted by atomic mass is 31.2. The Balaban J connectivity index is 3.12. The number of aliphatic imine (C=N–C) groups is 1.